The topological polar surface area (TPSA) is 119 Å². The molecule has 4 N–H and O–H groups in total. The number of benzene rings is 2. The zero-order valence-electron chi connectivity index (χ0n) is 15.1. The number of primary amides is 1. The average molecular weight is 410 g/mol. The number of nitrogens with two attached hydrogens (primary N) is 1. The monoisotopic (exact) mass is 409 g/mol. The van der Waals surface area contributed by atoms with E-state index in [0.29, 0.717) is 27.7 Å². The van der Waals surface area contributed by atoms with Gasteiger partial charge in [-0.3, -0.25) is 14.4 Å². The Balaban J connectivity index is 1.61. The van der Waals surface area contributed by atoms with Crippen LogP contribution in [0.15, 0.2) is 54.7 Å². The van der Waals surface area contributed by atoms with Gasteiger partial charge in [0.2, 0.25) is 17.7 Å². The predicted octanol–water partition coefficient (Wildman–Crippen LogP) is 2.82. The molecule has 0 spiro atoms. The maximum atomic E-state index is 12.8. The number of rotatable bonds is 4. The number of amides is 3. The van der Waals surface area contributed by atoms with Gasteiger partial charge in [-0.1, -0.05) is 23.7 Å². The summed E-state index contributed by atoms with van der Waals surface area (Å²) >= 11 is 5.94. The molecular weight excluding hydrogens is 394 g/mol. The highest BCUT2D eigenvalue weighted by atomic mass is 35.5. The summed E-state index contributed by atoms with van der Waals surface area (Å²) in [5.74, 6) is -0.772. The van der Waals surface area contributed by atoms with Gasteiger partial charge in [-0.15, -0.1) is 0 Å². The largest absolute Gasteiger partial charge is 0.366 e. The summed E-state index contributed by atoms with van der Waals surface area (Å²) in [4.78, 5) is 36.2. The van der Waals surface area contributed by atoms with Crippen molar-refractivity contribution in [3.05, 3.63) is 65.3 Å². The van der Waals surface area contributed by atoms with Crippen molar-refractivity contribution in [3.63, 3.8) is 0 Å². The molecule has 1 aliphatic heterocycles. The Morgan fingerprint density at radius 3 is 2.48 bits per heavy atom. The third-order valence-electron chi connectivity index (χ3n) is 4.62. The highest BCUT2D eigenvalue weighted by Crippen LogP contribution is 2.34. The second kappa shape index (κ2) is 7.40. The van der Waals surface area contributed by atoms with Crippen LogP contribution >= 0.6 is 11.6 Å². The highest BCUT2D eigenvalue weighted by molar-refractivity contribution is 6.30. The smallest absolute Gasteiger partial charge is 0.249 e. The van der Waals surface area contributed by atoms with Crippen LogP contribution in [0.5, 0.6) is 0 Å². The third kappa shape index (κ3) is 3.70. The predicted molar refractivity (Wildman–Crippen MR) is 109 cm³/mol. The summed E-state index contributed by atoms with van der Waals surface area (Å²) in [6, 6.07) is 12.5. The first-order valence-corrected chi connectivity index (χ1v) is 9.14. The molecule has 0 saturated carbocycles. The van der Waals surface area contributed by atoms with Crippen LogP contribution in [0.2, 0.25) is 5.02 Å². The first kappa shape index (κ1) is 18.7. The Bertz CT molecular complexity index is 1110. The molecule has 0 unspecified atom stereocenters. The second-order valence-corrected chi connectivity index (χ2v) is 6.99. The number of fused-ring (bicyclic) bond motifs is 1. The van der Waals surface area contributed by atoms with Crippen molar-refractivity contribution in [2.24, 2.45) is 5.73 Å². The molecule has 0 fully saturated rings. The molecule has 2 heterocycles. The first-order valence-electron chi connectivity index (χ1n) is 8.76. The standard InChI is InChI=1S/C20H16ClN5O3/c21-13-5-1-11(2-6-13)15-10-23-26-16(9-17(27)25-19(15)26)20(29)24-14-7-3-12(4-8-14)18(22)28/h1-8,10,16H,9H2,(H2,22,28)(H,24,29)(H,25,27)/t16-/m0/s1. The van der Waals surface area contributed by atoms with Gasteiger partial charge in [-0.05, 0) is 42.0 Å². The lowest BCUT2D eigenvalue weighted by molar-refractivity contribution is -0.125. The van der Waals surface area contributed by atoms with Crippen molar-refractivity contribution in [1.82, 2.24) is 9.78 Å². The van der Waals surface area contributed by atoms with Crippen LogP contribution in [-0.2, 0) is 9.59 Å². The van der Waals surface area contributed by atoms with E-state index in [0.717, 1.165) is 5.56 Å². The van der Waals surface area contributed by atoms with Gasteiger partial charge in [0.25, 0.3) is 0 Å². The number of halogens is 1. The van der Waals surface area contributed by atoms with Crippen LogP contribution in [0.4, 0.5) is 11.5 Å². The molecule has 0 aliphatic carbocycles. The number of anilines is 2. The minimum atomic E-state index is -0.810. The summed E-state index contributed by atoms with van der Waals surface area (Å²) in [7, 11) is 0. The van der Waals surface area contributed by atoms with Crippen molar-refractivity contribution in [3.8, 4) is 11.1 Å². The molecule has 4 rings (SSSR count). The summed E-state index contributed by atoms with van der Waals surface area (Å²) in [6.45, 7) is 0. The summed E-state index contributed by atoms with van der Waals surface area (Å²) in [6.07, 6.45) is 1.56. The molecule has 0 bridgehead atoms. The highest BCUT2D eigenvalue weighted by Gasteiger charge is 2.33. The van der Waals surface area contributed by atoms with Crippen molar-refractivity contribution < 1.29 is 14.4 Å². The normalized spacial score (nSPS) is 15.3. The molecule has 0 saturated heterocycles. The van der Waals surface area contributed by atoms with Gasteiger partial charge in [0.1, 0.15) is 11.9 Å². The summed E-state index contributed by atoms with van der Waals surface area (Å²) in [5.41, 5.74) is 7.55. The lowest BCUT2D eigenvalue weighted by Crippen LogP contribution is -2.35. The Morgan fingerprint density at radius 1 is 1.14 bits per heavy atom. The molecule has 9 heteroatoms. The van der Waals surface area contributed by atoms with E-state index in [1.807, 2.05) is 12.1 Å². The zero-order valence-corrected chi connectivity index (χ0v) is 15.8. The number of aromatic nitrogens is 2. The second-order valence-electron chi connectivity index (χ2n) is 6.56. The van der Waals surface area contributed by atoms with E-state index >= 15 is 0 Å². The fourth-order valence-electron chi connectivity index (χ4n) is 3.16. The minimum Gasteiger partial charge on any atom is -0.366 e. The van der Waals surface area contributed by atoms with E-state index < -0.39 is 17.9 Å². The van der Waals surface area contributed by atoms with Gasteiger partial charge in [0, 0.05) is 21.8 Å². The number of carbonyl (C=O) groups excluding carboxylic acids is 3. The number of carbonyl (C=O) groups is 3. The molecule has 8 nitrogen and oxygen atoms in total. The van der Waals surface area contributed by atoms with Crippen LogP contribution in [0, 0.1) is 0 Å². The lowest BCUT2D eigenvalue weighted by Gasteiger charge is -2.24. The number of nitrogens with one attached hydrogen (secondary N) is 2. The first-order chi connectivity index (χ1) is 13.9. The molecule has 1 atom stereocenters. The van der Waals surface area contributed by atoms with Gasteiger partial charge in [-0.25, -0.2) is 4.68 Å². The van der Waals surface area contributed by atoms with Crippen LogP contribution in [0.1, 0.15) is 22.8 Å². The molecule has 3 amide bonds. The third-order valence-corrected chi connectivity index (χ3v) is 4.87. The van der Waals surface area contributed by atoms with Crippen LogP contribution < -0.4 is 16.4 Å². The molecule has 3 aromatic rings. The van der Waals surface area contributed by atoms with Crippen molar-refractivity contribution in [2.45, 2.75) is 12.5 Å². The van der Waals surface area contributed by atoms with E-state index in [4.69, 9.17) is 17.3 Å². The van der Waals surface area contributed by atoms with Crippen LogP contribution in [0.25, 0.3) is 11.1 Å². The Kier molecular flexibility index (Phi) is 4.77. The summed E-state index contributed by atoms with van der Waals surface area (Å²) in [5, 5.41) is 10.4. The number of nitrogens with zero attached hydrogens (tertiary/aromatic N) is 2. The van der Waals surface area contributed by atoms with Gasteiger partial charge in [-0.2, -0.15) is 5.10 Å². The Labute approximate surface area is 170 Å². The quantitative estimate of drug-likeness (QED) is 0.613. The van der Waals surface area contributed by atoms with Crippen molar-refractivity contribution in [1.29, 1.82) is 0 Å². The molecule has 2 aromatic carbocycles. The SMILES string of the molecule is NC(=O)c1ccc(NC(=O)[C@@H]2CC(=O)Nc3c(-c4ccc(Cl)cc4)cnn32)cc1. The van der Waals surface area contributed by atoms with Crippen molar-refractivity contribution >= 4 is 40.8 Å². The maximum Gasteiger partial charge on any atom is 0.249 e. The van der Waals surface area contributed by atoms with Gasteiger partial charge < -0.3 is 16.4 Å². The number of hydrogen-bond acceptors (Lipinski definition) is 4. The fourth-order valence-corrected chi connectivity index (χ4v) is 3.28. The van der Waals surface area contributed by atoms with Gasteiger partial charge in [0.15, 0.2) is 0 Å². The zero-order chi connectivity index (χ0) is 20.5. The van der Waals surface area contributed by atoms with E-state index in [9.17, 15) is 14.4 Å². The molecule has 1 aliphatic rings. The minimum absolute atomic E-state index is 0.0417. The van der Waals surface area contributed by atoms with E-state index in [-0.39, 0.29) is 12.3 Å². The van der Waals surface area contributed by atoms with E-state index in [2.05, 4.69) is 15.7 Å². The lowest BCUT2D eigenvalue weighted by atomic mass is 10.1. The maximum absolute atomic E-state index is 12.8. The van der Waals surface area contributed by atoms with E-state index in [1.165, 1.54) is 16.8 Å². The molecule has 146 valence electrons. The molecule has 0 radical (unpaired) electrons. The molecular formula is C20H16ClN5O3. The van der Waals surface area contributed by atoms with Gasteiger partial charge >= 0.3 is 0 Å². The van der Waals surface area contributed by atoms with Crippen LogP contribution in [-0.4, -0.2) is 27.5 Å². The Hall–Kier alpha value is -3.65. The summed E-state index contributed by atoms with van der Waals surface area (Å²) < 4.78 is 1.50. The van der Waals surface area contributed by atoms with Crippen LogP contribution in [0.3, 0.4) is 0 Å². The van der Waals surface area contributed by atoms with Crippen molar-refractivity contribution in [2.75, 3.05) is 10.6 Å². The average Bonchev–Trinajstić information content (AvgIpc) is 3.12. The number of hydrogen-bond donors (Lipinski definition) is 3. The molecule has 29 heavy (non-hydrogen) atoms. The Morgan fingerprint density at radius 2 is 1.83 bits per heavy atom. The van der Waals surface area contributed by atoms with Gasteiger partial charge in [0.05, 0.1) is 12.6 Å². The molecule has 1 aromatic heterocycles. The van der Waals surface area contributed by atoms with E-state index in [1.54, 1.807) is 30.5 Å². The fraction of sp³-hybridized carbons (Fsp3) is 0.100.